The largest absolute Gasteiger partial charge is 0.450 e. The van der Waals surface area contributed by atoms with E-state index in [0.29, 0.717) is 74.0 Å². The Labute approximate surface area is 794 Å². The van der Waals surface area contributed by atoms with Crippen molar-refractivity contribution < 1.29 is 37.1 Å². The average molecular weight is 1840 g/mol. The number of hydrogen-bond acceptors (Lipinski definition) is 28. The van der Waals surface area contributed by atoms with Gasteiger partial charge in [-0.2, -0.15) is 0 Å². The molecule has 4 saturated heterocycles. The Morgan fingerprint density at radius 1 is 0.526 bits per heavy atom. The normalized spacial score (nSPS) is 18.8. The number of aryl methyl sites for hydroxylation is 10. The van der Waals surface area contributed by atoms with Gasteiger partial charge < -0.3 is 51.9 Å². The van der Waals surface area contributed by atoms with Gasteiger partial charge in [0.15, 0.2) is 0 Å². The summed E-state index contributed by atoms with van der Waals surface area (Å²) in [5.41, 5.74) is 22.5. The highest BCUT2D eigenvalue weighted by atomic mass is 32.1. The molecule has 0 radical (unpaired) electrons. The number of carbonyl (C=O) groups is 1. The van der Waals surface area contributed by atoms with Crippen LogP contribution in [0.1, 0.15) is 343 Å². The fraction of sp³-hybridized carbons (Fsp3) is 0.654. The zero-order chi connectivity index (χ0) is 95.6. The molecule has 0 N–H and O–H groups in total. The lowest BCUT2D eigenvalue weighted by Gasteiger charge is -2.53. The van der Waals surface area contributed by atoms with E-state index in [0.717, 1.165) is 241 Å². The Hall–Kier alpha value is -9.58. The number of thiazole rings is 1. The minimum Gasteiger partial charge on any atom is -0.450 e. The monoisotopic (exact) mass is 1840 g/mol. The summed E-state index contributed by atoms with van der Waals surface area (Å²) in [7, 11) is 2.19. The van der Waals surface area contributed by atoms with Gasteiger partial charge in [-0.1, -0.05) is 142 Å². The van der Waals surface area contributed by atoms with E-state index >= 15 is 0 Å². The molecule has 17 rings (SSSR count). The van der Waals surface area contributed by atoms with Crippen LogP contribution in [-0.4, -0.2) is 194 Å². The highest BCUT2D eigenvalue weighted by molar-refractivity contribution is 7.13. The highest BCUT2D eigenvalue weighted by Gasteiger charge is 2.45. The van der Waals surface area contributed by atoms with Crippen LogP contribution in [0.25, 0.3) is 55.6 Å². The van der Waals surface area contributed by atoms with E-state index in [1.807, 2.05) is 81.7 Å². The van der Waals surface area contributed by atoms with Gasteiger partial charge in [0.2, 0.25) is 0 Å². The summed E-state index contributed by atoms with van der Waals surface area (Å²) in [5.74, 6) is 12.9. The van der Waals surface area contributed by atoms with Crippen molar-refractivity contribution in [2.45, 2.75) is 362 Å². The molecule has 4 aliphatic heterocycles. The smallest absolute Gasteiger partial charge is 0.410 e. The van der Waals surface area contributed by atoms with Crippen molar-refractivity contribution in [2.24, 2.45) is 11.3 Å². The summed E-state index contributed by atoms with van der Waals surface area (Å²) in [6, 6.07) is 4.28. The first-order chi connectivity index (χ1) is 63.6. The second-order valence-corrected chi connectivity index (χ2v) is 41.0. The number of ether oxygens (including phenoxy) is 3. The molecule has 1 spiro atoms. The molecule has 10 aromatic rings. The summed E-state index contributed by atoms with van der Waals surface area (Å²) in [5, 5.41) is 16.5. The van der Waals surface area contributed by atoms with E-state index in [2.05, 4.69) is 162 Å². The van der Waals surface area contributed by atoms with Crippen molar-refractivity contribution in [3.8, 4) is 55.6 Å². The van der Waals surface area contributed by atoms with Crippen LogP contribution in [0, 0.1) is 101 Å². The van der Waals surface area contributed by atoms with Gasteiger partial charge in [0.1, 0.15) is 69.6 Å². The number of amides is 1. The zero-order valence-electron chi connectivity index (χ0n) is 85.1. The van der Waals surface area contributed by atoms with E-state index in [1.165, 1.54) is 108 Å². The average Bonchev–Trinajstić information content (AvgIpc) is 1.68. The number of likely N-dealkylation sites (tertiary alicyclic amines) is 1. The first-order valence-electron chi connectivity index (χ1n) is 49.7. The van der Waals surface area contributed by atoms with Crippen molar-refractivity contribution in [1.82, 2.24) is 85.3 Å². The second-order valence-electron chi connectivity index (χ2n) is 40.2. The Balaban J connectivity index is 0.000000141. The molecule has 29 heteroatoms. The summed E-state index contributed by atoms with van der Waals surface area (Å²) >= 11 is 1.66. The van der Waals surface area contributed by atoms with E-state index in [1.54, 1.807) is 16.2 Å². The SMILES string of the molecule is CCC[C@@H]1CN(c2nc(C(C)C)nc(-c3c(C)noc3C)c2C)CCO1.CCOC(=O)N1CCOC[C@H]1CCc1nc(C(C)C)nc(-c2c(C)noc2C)c1C.Cc1ncsc1-c1cc(N(C)C2CCCCC2)nc(C(C)C)n1.Cc1noc(C)c1-c1nc(C(C)C)nc(C[C@H]2CCN(C3CC3)[C@@H](C)C2)c1C.Cc1noc(C)c1-c1nc(C(C)C)nc(N2CC3(CCCCC3)C2)c1C. The molecule has 7 fully saturated rings. The van der Waals surface area contributed by atoms with Gasteiger partial charge in [0.05, 0.1) is 128 Å². The Bertz CT molecular complexity index is 5460. The molecule has 4 atom stereocenters. The fourth-order valence-corrected chi connectivity index (χ4v) is 20.8. The number of hydrogen-bond donors (Lipinski definition) is 0. The van der Waals surface area contributed by atoms with Gasteiger partial charge in [0, 0.05) is 121 Å². The first-order valence-corrected chi connectivity index (χ1v) is 50.6. The van der Waals surface area contributed by atoms with Crippen LogP contribution in [-0.2, 0) is 27.1 Å². The molecule has 0 unspecified atom stereocenters. The summed E-state index contributed by atoms with van der Waals surface area (Å²) in [4.78, 5) is 78.5. The maximum Gasteiger partial charge on any atom is 0.410 e. The number of anilines is 3. The van der Waals surface area contributed by atoms with Crippen LogP contribution in [0.4, 0.5) is 22.2 Å². The van der Waals surface area contributed by atoms with Crippen LogP contribution in [0.5, 0.6) is 0 Å². The van der Waals surface area contributed by atoms with Gasteiger partial charge in [-0.25, -0.2) is 59.6 Å². The molecule has 1 amide bonds. The van der Waals surface area contributed by atoms with Crippen molar-refractivity contribution >= 4 is 34.9 Å². The molecule has 722 valence electrons. The Morgan fingerprint density at radius 3 is 1.47 bits per heavy atom. The Morgan fingerprint density at radius 2 is 1.01 bits per heavy atom. The predicted octanol–water partition coefficient (Wildman–Crippen LogP) is 22.9. The number of carbonyl (C=O) groups excluding carboxylic acids is 1. The van der Waals surface area contributed by atoms with Crippen molar-refractivity contribution in [2.75, 3.05) is 87.4 Å². The molecule has 10 aromatic heterocycles. The lowest BCUT2D eigenvalue weighted by molar-refractivity contribution is -0.0103. The van der Waals surface area contributed by atoms with Crippen LogP contribution in [0.15, 0.2) is 29.7 Å². The van der Waals surface area contributed by atoms with Gasteiger partial charge in [0.25, 0.3) is 0 Å². The molecular weight excluding hydrogens is 1690 g/mol. The highest BCUT2D eigenvalue weighted by Crippen LogP contribution is 2.48. The standard InChI is InChI=1S/C23H34N4O.C22H32N4O4.C21H30N4O.C20H30N4O2.C18H26N4S/c1-13(2)23-24-20(12-18-9-10-27(14(3)11-18)19-7-8-19)15(4)22(25-23)21-16(5)26-28-17(21)6;1-7-29-22(27)26-10-11-28-12-17(26)8-9-18-14(4)20(24-21(23-18)13(2)3)19-15(5)25-30-16(19)6;1-13(2)19-22-18(17-15(4)24-26-16(17)5)14(3)20(23-19)25-11-21(12-25)9-7-6-8-10-21;1-7-8-16-11-24(9-10-25-16)20-13(4)18(21-19(22-20)12(2)3)17-14(5)23-26-15(17)6;1-12(2)18-20-15(17-13(3)19-11-23-17)10-16(21-18)22(4)14-8-6-5-7-9-14/h13-14,18-19H,7-12H2,1-6H3;13,17H,7-12H2,1-6H3;13H,6-12H2,1-5H3;12,16H,7-11H2,1-6H3;10-12,14H,5-9H2,1-4H3/t14-,18-;17-;;16-;/m01.1./s1. The minimum absolute atomic E-state index is 0.0304. The second kappa shape index (κ2) is 44.9. The molecule has 3 aliphatic carbocycles. The quantitative estimate of drug-likeness (QED) is 0.0574. The maximum atomic E-state index is 12.3. The third-order valence-electron chi connectivity index (χ3n) is 28.0. The number of morpholine rings is 2. The van der Waals surface area contributed by atoms with Crippen molar-refractivity contribution in [3.63, 3.8) is 0 Å². The molecule has 0 bridgehead atoms. The maximum absolute atomic E-state index is 12.3. The van der Waals surface area contributed by atoms with Crippen molar-refractivity contribution in [1.29, 1.82) is 0 Å². The summed E-state index contributed by atoms with van der Waals surface area (Å²) < 4.78 is 38.4. The lowest BCUT2D eigenvalue weighted by Crippen LogP contribution is -2.57. The topological polar surface area (TPSA) is 307 Å². The summed E-state index contributed by atoms with van der Waals surface area (Å²) in [6.45, 7) is 62.0. The first kappa shape index (κ1) is 101. The third kappa shape index (κ3) is 23.9. The number of piperidine rings is 1. The van der Waals surface area contributed by atoms with E-state index < -0.39 is 0 Å². The molecular formula is C104H152N20O8S. The van der Waals surface area contributed by atoms with Crippen LogP contribution < -0.4 is 14.7 Å². The molecule has 7 aliphatic rings. The summed E-state index contributed by atoms with van der Waals surface area (Å²) in [6.07, 6.45) is 23.6. The lowest BCUT2D eigenvalue weighted by atomic mass is 9.68. The van der Waals surface area contributed by atoms with Gasteiger partial charge in [-0.05, 0) is 204 Å². The molecule has 14 heterocycles. The van der Waals surface area contributed by atoms with Crippen LogP contribution >= 0.6 is 11.3 Å². The molecule has 3 saturated carbocycles. The van der Waals surface area contributed by atoms with Gasteiger partial charge in [-0.3, -0.25) is 4.90 Å². The molecule has 28 nitrogen and oxygen atoms in total. The zero-order valence-corrected chi connectivity index (χ0v) is 85.9. The van der Waals surface area contributed by atoms with Gasteiger partial charge >= 0.3 is 6.09 Å². The van der Waals surface area contributed by atoms with Gasteiger partial charge in [-0.15, -0.1) is 11.3 Å². The van der Waals surface area contributed by atoms with Crippen LogP contribution in [0.3, 0.4) is 0 Å². The Kier molecular flexibility index (Phi) is 34.1. The number of rotatable bonds is 23. The number of nitrogens with zero attached hydrogens (tertiary/aromatic N) is 20. The van der Waals surface area contributed by atoms with E-state index in [-0.39, 0.29) is 30.1 Å². The third-order valence-corrected chi connectivity index (χ3v) is 28.9. The van der Waals surface area contributed by atoms with Crippen LogP contribution in [0.2, 0.25) is 0 Å². The van der Waals surface area contributed by atoms with E-state index in [4.69, 9.17) is 82.1 Å². The van der Waals surface area contributed by atoms with E-state index in [9.17, 15) is 4.79 Å². The fourth-order valence-electron chi connectivity index (χ4n) is 20.0. The number of aromatic nitrogens is 15. The van der Waals surface area contributed by atoms with Crippen molar-refractivity contribution in [3.05, 3.63) is 126 Å². The molecule has 0 aromatic carbocycles. The molecule has 133 heavy (non-hydrogen) atoms. The predicted molar refractivity (Wildman–Crippen MR) is 527 cm³/mol. The minimum atomic E-state index is -0.274.